The molecule has 0 saturated carbocycles. The Bertz CT molecular complexity index is 472. The van der Waals surface area contributed by atoms with Crippen molar-refractivity contribution in [1.82, 2.24) is 9.97 Å². The lowest BCUT2D eigenvalue weighted by Crippen LogP contribution is -1.87. The number of nitrogens with zero attached hydrogens (tertiary/aromatic N) is 2. The summed E-state index contributed by atoms with van der Waals surface area (Å²) in [6, 6.07) is 10.1. The van der Waals surface area contributed by atoms with E-state index >= 15 is 0 Å². The van der Waals surface area contributed by atoms with E-state index in [0.717, 1.165) is 22.5 Å². The van der Waals surface area contributed by atoms with Gasteiger partial charge in [0, 0.05) is 11.3 Å². The molecule has 0 aliphatic heterocycles. The maximum Gasteiger partial charge on any atom is 0.116 e. The molecule has 74 valence electrons. The van der Waals surface area contributed by atoms with Gasteiger partial charge in [-0.2, -0.15) is 0 Å². The zero-order valence-electron chi connectivity index (χ0n) is 8.64. The van der Waals surface area contributed by atoms with Crippen LogP contribution in [-0.4, -0.2) is 9.97 Å². The van der Waals surface area contributed by atoms with Crippen molar-refractivity contribution in [2.24, 2.45) is 0 Å². The third-order valence-corrected chi connectivity index (χ3v) is 2.25. The lowest BCUT2D eigenvalue weighted by molar-refractivity contribution is 1.11. The largest absolute Gasteiger partial charge is 0.242 e. The van der Waals surface area contributed by atoms with Crippen LogP contribution in [0, 0.1) is 6.92 Å². The van der Waals surface area contributed by atoms with E-state index in [1.807, 2.05) is 43.3 Å². The summed E-state index contributed by atoms with van der Waals surface area (Å²) >= 11 is 0. The van der Waals surface area contributed by atoms with Crippen LogP contribution in [-0.2, 0) is 0 Å². The van der Waals surface area contributed by atoms with Crippen molar-refractivity contribution in [1.29, 1.82) is 0 Å². The van der Waals surface area contributed by atoms with Crippen molar-refractivity contribution in [2.75, 3.05) is 0 Å². The summed E-state index contributed by atoms with van der Waals surface area (Å²) in [6.07, 6.45) is 3.42. The van der Waals surface area contributed by atoms with E-state index in [1.165, 1.54) is 0 Å². The highest BCUT2D eigenvalue weighted by Crippen LogP contribution is 2.17. The van der Waals surface area contributed by atoms with E-state index in [2.05, 4.69) is 16.5 Å². The zero-order chi connectivity index (χ0) is 10.7. The summed E-state index contributed by atoms with van der Waals surface area (Å²) in [5.74, 6) is 0. The lowest BCUT2D eigenvalue weighted by Gasteiger charge is -2.01. The molecule has 0 spiro atoms. The summed E-state index contributed by atoms with van der Waals surface area (Å²) in [6.45, 7) is 5.68. The van der Waals surface area contributed by atoms with Gasteiger partial charge in [-0.3, -0.25) is 0 Å². The minimum absolute atomic E-state index is 0.957. The fraction of sp³-hybridized carbons (Fsp3) is 0.0769. The Kier molecular flexibility index (Phi) is 2.59. The monoisotopic (exact) mass is 196 g/mol. The first-order chi connectivity index (χ1) is 7.29. The van der Waals surface area contributed by atoms with E-state index < -0.39 is 0 Å². The van der Waals surface area contributed by atoms with Crippen molar-refractivity contribution in [3.8, 4) is 11.3 Å². The Morgan fingerprint density at radius 1 is 1.13 bits per heavy atom. The van der Waals surface area contributed by atoms with Gasteiger partial charge in [0.05, 0.1) is 5.69 Å². The van der Waals surface area contributed by atoms with Crippen LogP contribution in [0.5, 0.6) is 0 Å². The third-order valence-electron chi connectivity index (χ3n) is 2.25. The van der Waals surface area contributed by atoms with E-state index in [-0.39, 0.29) is 0 Å². The minimum Gasteiger partial charge on any atom is -0.242 e. The molecule has 15 heavy (non-hydrogen) atoms. The highest BCUT2D eigenvalue weighted by Gasteiger charge is 1.98. The Labute approximate surface area is 89.3 Å². The molecule has 0 saturated heterocycles. The van der Waals surface area contributed by atoms with Crippen molar-refractivity contribution in [3.05, 3.63) is 54.5 Å². The molecule has 0 N–H and O–H groups in total. The van der Waals surface area contributed by atoms with Crippen LogP contribution in [0.25, 0.3) is 17.3 Å². The molecule has 2 heteroatoms. The maximum atomic E-state index is 4.23. The molecule has 1 heterocycles. The maximum absolute atomic E-state index is 4.23. The van der Waals surface area contributed by atoms with Crippen LogP contribution in [0.3, 0.4) is 0 Å². The number of aryl methyl sites for hydroxylation is 1. The summed E-state index contributed by atoms with van der Waals surface area (Å²) in [7, 11) is 0. The van der Waals surface area contributed by atoms with Gasteiger partial charge in [-0.1, -0.05) is 36.9 Å². The normalized spacial score (nSPS) is 9.93. The van der Waals surface area contributed by atoms with E-state index in [0.29, 0.717) is 0 Å². The molecule has 1 aromatic carbocycles. The summed E-state index contributed by atoms with van der Waals surface area (Å²) < 4.78 is 0. The molecular formula is C13H12N2. The summed E-state index contributed by atoms with van der Waals surface area (Å²) in [5.41, 5.74) is 4.15. The zero-order valence-corrected chi connectivity index (χ0v) is 8.64. The quantitative estimate of drug-likeness (QED) is 0.737. The van der Waals surface area contributed by atoms with Gasteiger partial charge in [0.2, 0.25) is 0 Å². The second-order valence-corrected chi connectivity index (χ2v) is 3.37. The van der Waals surface area contributed by atoms with Crippen LogP contribution < -0.4 is 0 Å². The first kappa shape index (κ1) is 9.59. The predicted octanol–water partition coefficient (Wildman–Crippen LogP) is 3.10. The molecule has 2 aromatic rings. The Balaban J connectivity index is 2.41. The minimum atomic E-state index is 0.957. The third kappa shape index (κ3) is 2.10. The van der Waals surface area contributed by atoms with Gasteiger partial charge < -0.3 is 0 Å². The summed E-state index contributed by atoms with van der Waals surface area (Å²) in [5, 5.41) is 0. The van der Waals surface area contributed by atoms with Crippen molar-refractivity contribution in [2.45, 2.75) is 6.92 Å². The van der Waals surface area contributed by atoms with Crippen LogP contribution in [0.2, 0.25) is 0 Å². The van der Waals surface area contributed by atoms with Crippen LogP contribution in [0.15, 0.2) is 43.2 Å². The number of hydrogen-bond acceptors (Lipinski definition) is 2. The highest BCUT2D eigenvalue weighted by molar-refractivity contribution is 5.61. The van der Waals surface area contributed by atoms with Crippen molar-refractivity contribution >= 4 is 6.08 Å². The molecule has 0 bridgehead atoms. The Hall–Kier alpha value is -1.96. The molecular weight excluding hydrogens is 184 g/mol. The standard InChI is InChI=1S/C13H12N2/c1-3-11-4-6-12(7-5-11)13-8-10(2)14-9-15-13/h3-9H,1H2,2H3. The molecule has 2 nitrogen and oxygen atoms in total. The first-order valence-corrected chi connectivity index (χ1v) is 4.81. The van der Waals surface area contributed by atoms with Crippen LogP contribution in [0.1, 0.15) is 11.3 Å². The van der Waals surface area contributed by atoms with Gasteiger partial charge in [0.1, 0.15) is 6.33 Å². The lowest BCUT2D eigenvalue weighted by atomic mass is 10.1. The molecule has 2 rings (SSSR count). The van der Waals surface area contributed by atoms with Gasteiger partial charge >= 0.3 is 0 Å². The predicted molar refractivity (Wildman–Crippen MR) is 62.3 cm³/mol. The fourth-order valence-corrected chi connectivity index (χ4v) is 1.40. The molecule has 0 aliphatic carbocycles. The average Bonchev–Trinajstić information content (AvgIpc) is 2.29. The molecule has 0 amide bonds. The molecule has 0 radical (unpaired) electrons. The number of benzene rings is 1. The van der Waals surface area contributed by atoms with E-state index in [1.54, 1.807) is 6.33 Å². The first-order valence-electron chi connectivity index (χ1n) is 4.81. The Morgan fingerprint density at radius 2 is 1.87 bits per heavy atom. The molecule has 0 aliphatic rings. The van der Waals surface area contributed by atoms with E-state index in [9.17, 15) is 0 Å². The van der Waals surface area contributed by atoms with Gasteiger partial charge in [-0.15, -0.1) is 0 Å². The van der Waals surface area contributed by atoms with Crippen molar-refractivity contribution in [3.63, 3.8) is 0 Å². The van der Waals surface area contributed by atoms with Gasteiger partial charge in [-0.25, -0.2) is 9.97 Å². The number of aromatic nitrogens is 2. The highest BCUT2D eigenvalue weighted by atomic mass is 14.8. The number of rotatable bonds is 2. The smallest absolute Gasteiger partial charge is 0.116 e. The van der Waals surface area contributed by atoms with Crippen molar-refractivity contribution < 1.29 is 0 Å². The van der Waals surface area contributed by atoms with Crippen LogP contribution in [0.4, 0.5) is 0 Å². The number of hydrogen-bond donors (Lipinski definition) is 0. The fourth-order valence-electron chi connectivity index (χ4n) is 1.40. The van der Waals surface area contributed by atoms with Gasteiger partial charge in [0.15, 0.2) is 0 Å². The molecule has 1 aromatic heterocycles. The molecule has 0 fully saturated rings. The second-order valence-electron chi connectivity index (χ2n) is 3.37. The summed E-state index contributed by atoms with van der Waals surface area (Å²) in [4.78, 5) is 8.30. The van der Waals surface area contributed by atoms with Crippen LogP contribution >= 0.6 is 0 Å². The van der Waals surface area contributed by atoms with Gasteiger partial charge in [0.25, 0.3) is 0 Å². The molecule has 0 atom stereocenters. The van der Waals surface area contributed by atoms with Gasteiger partial charge in [-0.05, 0) is 18.6 Å². The average molecular weight is 196 g/mol. The SMILES string of the molecule is C=Cc1ccc(-c2cc(C)ncn2)cc1. The topological polar surface area (TPSA) is 25.8 Å². The second kappa shape index (κ2) is 4.05. The molecule has 0 unspecified atom stereocenters. The Morgan fingerprint density at radius 3 is 2.47 bits per heavy atom. The van der Waals surface area contributed by atoms with E-state index in [4.69, 9.17) is 0 Å².